The van der Waals surface area contributed by atoms with Crippen molar-refractivity contribution in [3.8, 4) is 5.75 Å². The number of carbonyl (C=O) groups is 2. The summed E-state index contributed by atoms with van der Waals surface area (Å²) in [6.07, 6.45) is 0. The maximum atomic E-state index is 11.8. The maximum Gasteiger partial charge on any atom is 0.275 e. The molecule has 1 heterocycles. The molecular weight excluding hydrogens is 270 g/mol. The molecule has 1 aromatic carbocycles. The molecular formula is C15H22N3O3+. The lowest BCUT2D eigenvalue weighted by atomic mass is 10.2. The van der Waals surface area contributed by atoms with E-state index < -0.39 is 0 Å². The lowest BCUT2D eigenvalue weighted by molar-refractivity contribution is -0.885. The molecule has 1 aliphatic rings. The van der Waals surface area contributed by atoms with Crippen LogP contribution in [-0.4, -0.2) is 51.1 Å². The number of quaternary nitrogens is 1. The molecule has 0 spiro atoms. The first-order valence-corrected chi connectivity index (χ1v) is 7.20. The summed E-state index contributed by atoms with van der Waals surface area (Å²) in [5.41, 5.74) is 1.14. The third-order valence-electron chi connectivity index (χ3n) is 3.30. The van der Waals surface area contributed by atoms with E-state index in [1.54, 1.807) is 0 Å². The Morgan fingerprint density at radius 1 is 1.48 bits per heavy atom. The molecule has 0 radical (unpaired) electrons. The van der Waals surface area contributed by atoms with Gasteiger partial charge in [-0.05, 0) is 24.6 Å². The summed E-state index contributed by atoms with van der Waals surface area (Å²) in [5, 5.41) is 5.56. The van der Waals surface area contributed by atoms with E-state index in [1.165, 1.54) is 0 Å². The van der Waals surface area contributed by atoms with E-state index in [4.69, 9.17) is 4.74 Å². The van der Waals surface area contributed by atoms with Gasteiger partial charge in [0.1, 0.15) is 12.4 Å². The average molecular weight is 292 g/mol. The summed E-state index contributed by atoms with van der Waals surface area (Å²) in [6, 6.07) is 7.80. The predicted molar refractivity (Wildman–Crippen MR) is 78.3 cm³/mol. The molecule has 2 amide bonds. The Balaban J connectivity index is 1.62. The van der Waals surface area contributed by atoms with E-state index in [2.05, 4.69) is 10.6 Å². The van der Waals surface area contributed by atoms with Gasteiger partial charge in [0.25, 0.3) is 11.8 Å². The highest BCUT2D eigenvalue weighted by molar-refractivity contribution is 5.79. The number of aryl methyl sites for hydroxylation is 1. The number of piperazine rings is 1. The van der Waals surface area contributed by atoms with Crippen molar-refractivity contribution in [1.82, 2.24) is 10.6 Å². The summed E-state index contributed by atoms with van der Waals surface area (Å²) in [4.78, 5) is 24.0. The van der Waals surface area contributed by atoms with Gasteiger partial charge in [-0.1, -0.05) is 12.1 Å². The molecule has 0 aromatic heterocycles. The van der Waals surface area contributed by atoms with Crippen LogP contribution in [0.4, 0.5) is 0 Å². The predicted octanol–water partition coefficient (Wildman–Crippen LogP) is -1.50. The second-order valence-corrected chi connectivity index (χ2v) is 5.22. The number of hydrogen-bond donors (Lipinski definition) is 3. The van der Waals surface area contributed by atoms with E-state index in [1.807, 2.05) is 31.2 Å². The Bertz CT molecular complexity index is 505. The van der Waals surface area contributed by atoms with E-state index in [0.717, 1.165) is 22.8 Å². The zero-order chi connectivity index (χ0) is 15.1. The summed E-state index contributed by atoms with van der Waals surface area (Å²) in [6.45, 7) is 5.03. The minimum Gasteiger partial charge on any atom is -0.492 e. The molecule has 2 rings (SSSR count). The summed E-state index contributed by atoms with van der Waals surface area (Å²) in [7, 11) is 0. The van der Waals surface area contributed by atoms with Crippen molar-refractivity contribution in [3.63, 3.8) is 0 Å². The molecule has 3 N–H and O–H groups in total. The van der Waals surface area contributed by atoms with E-state index in [-0.39, 0.29) is 11.8 Å². The zero-order valence-electron chi connectivity index (χ0n) is 12.3. The Morgan fingerprint density at radius 3 is 3.10 bits per heavy atom. The third kappa shape index (κ3) is 5.43. The highest BCUT2D eigenvalue weighted by Crippen LogP contribution is 2.11. The Hall–Kier alpha value is -2.08. The maximum absolute atomic E-state index is 11.8. The molecule has 1 saturated heterocycles. The van der Waals surface area contributed by atoms with Gasteiger partial charge in [0.05, 0.1) is 19.6 Å². The Morgan fingerprint density at radius 2 is 2.33 bits per heavy atom. The van der Waals surface area contributed by atoms with Gasteiger partial charge in [0.15, 0.2) is 13.1 Å². The monoisotopic (exact) mass is 292 g/mol. The summed E-state index contributed by atoms with van der Waals surface area (Å²) in [5.74, 6) is 0.766. The lowest BCUT2D eigenvalue weighted by Gasteiger charge is -2.22. The van der Waals surface area contributed by atoms with Gasteiger partial charge in [-0.15, -0.1) is 0 Å². The van der Waals surface area contributed by atoms with Gasteiger partial charge in [-0.3, -0.25) is 9.59 Å². The van der Waals surface area contributed by atoms with Gasteiger partial charge in [-0.2, -0.15) is 0 Å². The quantitative estimate of drug-likeness (QED) is 0.559. The second-order valence-electron chi connectivity index (χ2n) is 5.22. The van der Waals surface area contributed by atoms with Crippen molar-refractivity contribution in [1.29, 1.82) is 0 Å². The highest BCUT2D eigenvalue weighted by atomic mass is 16.5. The lowest BCUT2D eigenvalue weighted by Crippen LogP contribution is -3.16. The molecule has 114 valence electrons. The van der Waals surface area contributed by atoms with Crippen molar-refractivity contribution in [2.24, 2.45) is 0 Å². The number of rotatable bonds is 6. The largest absolute Gasteiger partial charge is 0.492 e. The Kier molecular flexibility index (Phi) is 5.57. The van der Waals surface area contributed by atoms with Gasteiger partial charge < -0.3 is 20.3 Å². The van der Waals surface area contributed by atoms with Crippen LogP contribution in [0.5, 0.6) is 5.75 Å². The van der Waals surface area contributed by atoms with Crippen LogP contribution in [0.2, 0.25) is 0 Å². The second kappa shape index (κ2) is 7.64. The molecule has 1 fully saturated rings. The topological polar surface area (TPSA) is 71.9 Å². The van der Waals surface area contributed by atoms with Gasteiger partial charge >= 0.3 is 0 Å². The van der Waals surface area contributed by atoms with Gasteiger partial charge in [-0.25, -0.2) is 0 Å². The van der Waals surface area contributed by atoms with E-state index in [9.17, 15) is 9.59 Å². The van der Waals surface area contributed by atoms with Crippen molar-refractivity contribution < 1.29 is 19.2 Å². The highest BCUT2D eigenvalue weighted by Gasteiger charge is 2.21. The molecule has 6 nitrogen and oxygen atoms in total. The van der Waals surface area contributed by atoms with Crippen LogP contribution in [0.15, 0.2) is 24.3 Å². The van der Waals surface area contributed by atoms with Crippen LogP contribution in [-0.2, 0) is 9.59 Å². The average Bonchev–Trinajstić information content (AvgIpc) is 2.44. The first-order valence-electron chi connectivity index (χ1n) is 7.20. The fraction of sp³-hybridized carbons (Fsp3) is 0.467. The van der Waals surface area contributed by atoms with Crippen molar-refractivity contribution in [3.05, 3.63) is 29.8 Å². The van der Waals surface area contributed by atoms with Crippen LogP contribution in [0.25, 0.3) is 0 Å². The SMILES string of the molecule is Cc1cccc(OCCNC(=O)C[NH+]2CCNC(=O)C2)c1. The minimum atomic E-state index is -0.0486. The van der Waals surface area contributed by atoms with Crippen LogP contribution in [0.3, 0.4) is 0 Å². The standard InChI is InChI=1S/C15H21N3O3/c1-12-3-2-4-13(9-12)21-8-6-17-15(20)11-18-7-5-16-14(19)10-18/h2-4,9H,5-8,10-11H2,1H3,(H,16,19)(H,17,20)/p+1. The Labute approximate surface area is 124 Å². The van der Waals surface area contributed by atoms with E-state index >= 15 is 0 Å². The van der Waals surface area contributed by atoms with E-state index in [0.29, 0.717) is 32.8 Å². The van der Waals surface area contributed by atoms with Crippen molar-refractivity contribution in [2.75, 3.05) is 39.3 Å². The number of nitrogens with one attached hydrogen (secondary N) is 3. The number of carbonyl (C=O) groups excluding carboxylic acids is 2. The molecule has 21 heavy (non-hydrogen) atoms. The fourth-order valence-electron chi connectivity index (χ4n) is 2.26. The number of amides is 2. The summed E-state index contributed by atoms with van der Waals surface area (Å²) >= 11 is 0. The van der Waals surface area contributed by atoms with Crippen LogP contribution >= 0.6 is 0 Å². The third-order valence-corrected chi connectivity index (χ3v) is 3.30. The van der Waals surface area contributed by atoms with Crippen LogP contribution < -0.4 is 20.3 Å². The normalized spacial score (nSPS) is 18.0. The molecule has 0 saturated carbocycles. The van der Waals surface area contributed by atoms with Crippen molar-refractivity contribution >= 4 is 11.8 Å². The molecule has 0 bridgehead atoms. The van der Waals surface area contributed by atoms with Crippen LogP contribution in [0.1, 0.15) is 5.56 Å². The number of hydrogen-bond acceptors (Lipinski definition) is 3. The smallest absolute Gasteiger partial charge is 0.275 e. The first kappa shape index (κ1) is 15.3. The summed E-state index contributed by atoms with van der Waals surface area (Å²) < 4.78 is 5.56. The fourth-order valence-corrected chi connectivity index (χ4v) is 2.26. The molecule has 0 aliphatic carbocycles. The minimum absolute atomic E-state index is 0.00632. The van der Waals surface area contributed by atoms with Gasteiger partial charge in [0, 0.05) is 0 Å². The number of benzene rings is 1. The molecule has 1 aromatic rings. The first-order chi connectivity index (χ1) is 10.1. The number of ether oxygens (including phenoxy) is 1. The molecule has 1 unspecified atom stereocenters. The zero-order valence-corrected chi connectivity index (χ0v) is 12.3. The van der Waals surface area contributed by atoms with Crippen LogP contribution in [0, 0.1) is 6.92 Å². The van der Waals surface area contributed by atoms with Gasteiger partial charge in [0.2, 0.25) is 0 Å². The van der Waals surface area contributed by atoms with Crippen molar-refractivity contribution in [2.45, 2.75) is 6.92 Å². The molecule has 6 heteroatoms. The molecule has 1 atom stereocenters. The molecule has 1 aliphatic heterocycles.